The van der Waals surface area contributed by atoms with E-state index in [4.69, 9.17) is 21.9 Å². The summed E-state index contributed by atoms with van der Waals surface area (Å²) in [5.74, 6) is 0.162. The molecule has 1 aromatic carbocycles. The van der Waals surface area contributed by atoms with Gasteiger partial charge in [0.05, 0.1) is 10.5 Å². The van der Waals surface area contributed by atoms with Gasteiger partial charge >= 0.3 is 0 Å². The number of nitro benzene ring substituents is 1. The molecule has 0 aliphatic heterocycles. The average Bonchev–Trinajstić information content (AvgIpc) is 3.06. The highest BCUT2D eigenvalue weighted by atomic mass is 35.5. The molecule has 0 radical (unpaired) electrons. The van der Waals surface area contributed by atoms with Crippen molar-refractivity contribution in [2.75, 3.05) is 5.73 Å². The van der Waals surface area contributed by atoms with E-state index < -0.39 is 4.92 Å². The third-order valence-electron chi connectivity index (χ3n) is 2.85. The molecule has 0 spiro atoms. The first-order valence-corrected chi connectivity index (χ1v) is 7.06. The number of nitro groups is 1. The van der Waals surface area contributed by atoms with Crippen LogP contribution in [0, 0.1) is 10.1 Å². The predicted molar refractivity (Wildman–Crippen MR) is 81.3 cm³/mol. The van der Waals surface area contributed by atoms with Gasteiger partial charge in [-0.3, -0.25) is 10.1 Å². The maximum Gasteiger partial charge on any atom is 0.271 e. The maximum absolute atomic E-state index is 10.9. The van der Waals surface area contributed by atoms with Crippen LogP contribution in [0.15, 0.2) is 40.2 Å². The summed E-state index contributed by atoms with van der Waals surface area (Å²) in [5.41, 5.74) is 7.23. The summed E-state index contributed by atoms with van der Waals surface area (Å²) in [6.45, 7) is 0. The van der Waals surface area contributed by atoms with Crippen LogP contribution < -0.4 is 5.73 Å². The minimum Gasteiger partial charge on any atom is -0.367 e. The summed E-state index contributed by atoms with van der Waals surface area (Å²) in [4.78, 5) is 11.3. The molecule has 0 saturated carbocycles. The lowest BCUT2D eigenvalue weighted by atomic mass is 10.1. The van der Waals surface area contributed by atoms with Crippen molar-refractivity contribution in [1.29, 1.82) is 0 Å². The van der Waals surface area contributed by atoms with E-state index in [9.17, 15) is 10.1 Å². The van der Waals surface area contributed by atoms with Crippen molar-refractivity contribution in [3.05, 3.63) is 50.8 Å². The molecule has 106 valence electrons. The van der Waals surface area contributed by atoms with Crippen LogP contribution >= 0.6 is 22.9 Å². The Bertz CT molecular complexity index is 814. The number of anilines is 1. The van der Waals surface area contributed by atoms with Gasteiger partial charge in [0, 0.05) is 27.6 Å². The van der Waals surface area contributed by atoms with Gasteiger partial charge in [0.2, 0.25) is 5.88 Å². The average molecular weight is 322 g/mol. The lowest BCUT2D eigenvalue weighted by molar-refractivity contribution is -0.384. The van der Waals surface area contributed by atoms with E-state index in [2.05, 4.69) is 5.16 Å². The highest BCUT2D eigenvalue weighted by Gasteiger charge is 2.20. The zero-order chi connectivity index (χ0) is 15.0. The Kier molecular flexibility index (Phi) is 3.36. The zero-order valence-corrected chi connectivity index (χ0v) is 12.0. The van der Waals surface area contributed by atoms with Gasteiger partial charge < -0.3 is 10.3 Å². The number of thiophene rings is 1. The van der Waals surface area contributed by atoms with E-state index in [0.29, 0.717) is 16.8 Å². The predicted octanol–water partition coefficient (Wildman–Crippen LogP) is 4.21. The molecular formula is C13H8ClN3O3S. The van der Waals surface area contributed by atoms with Crippen LogP contribution in [-0.4, -0.2) is 10.1 Å². The largest absolute Gasteiger partial charge is 0.367 e. The molecule has 0 atom stereocenters. The van der Waals surface area contributed by atoms with Crippen molar-refractivity contribution in [2.24, 2.45) is 0 Å². The monoisotopic (exact) mass is 321 g/mol. The van der Waals surface area contributed by atoms with E-state index >= 15 is 0 Å². The second-order valence-corrected chi connectivity index (χ2v) is 5.59. The van der Waals surface area contributed by atoms with Crippen molar-refractivity contribution in [1.82, 2.24) is 5.16 Å². The number of aromatic nitrogens is 1. The molecule has 0 bridgehead atoms. The van der Waals surface area contributed by atoms with Gasteiger partial charge in [-0.1, -0.05) is 22.8 Å². The van der Waals surface area contributed by atoms with Crippen LogP contribution in [-0.2, 0) is 0 Å². The molecule has 0 aliphatic carbocycles. The topological polar surface area (TPSA) is 95.2 Å². The molecule has 21 heavy (non-hydrogen) atoms. The molecule has 0 fully saturated rings. The number of rotatable bonds is 3. The van der Waals surface area contributed by atoms with Crippen LogP contribution in [0.1, 0.15) is 0 Å². The first-order valence-electron chi connectivity index (χ1n) is 5.80. The molecule has 0 amide bonds. The fraction of sp³-hybridized carbons (Fsp3) is 0. The molecule has 3 rings (SSSR count). The van der Waals surface area contributed by atoms with Crippen molar-refractivity contribution < 1.29 is 9.45 Å². The quantitative estimate of drug-likeness (QED) is 0.575. The Hall–Kier alpha value is -2.38. The Morgan fingerprint density at radius 2 is 2.19 bits per heavy atom. The Morgan fingerprint density at radius 1 is 1.38 bits per heavy atom. The molecule has 2 N–H and O–H groups in total. The molecule has 6 nitrogen and oxygen atoms in total. The van der Waals surface area contributed by atoms with Crippen LogP contribution in [0.5, 0.6) is 0 Å². The highest BCUT2D eigenvalue weighted by molar-refractivity contribution is 7.13. The minimum absolute atomic E-state index is 0.115. The summed E-state index contributed by atoms with van der Waals surface area (Å²) in [6.07, 6.45) is 0. The van der Waals surface area contributed by atoms with E-state index in [1.165, 1.54) is 23.5 Å². The number of benzene rings is 1. The van der Waals surface area contributed by atoms with Gasteiger partial charge in [0.25, 0.3) is 5.69 Å². The van der Waals surface area contributed by atoms with Crippen molar-refractivity contribution in [3.63, 3.8) is 0 Å². The van der Waals surface area contributed by atoms with Crippen LogP contribution in [0.25, 0.3) is 21.7 Å². The first-order chi connectivity index (χ1) is 10.1. The van der Waals surface area contributed by atoms with E-state index in [0.717, 1.165) is 4.88 Å². The number of nitrogen functional groups attached to an aromatic ring is 1. The molecule has 8 heteroatoms. The van der Waals surface area contributed by atoms with E-state index in [1.54, 1.807) is 6.07 Å². The van der Waals surface area contributed by atoms with Gasteiger partial charge in [-0.15, -0.1) is 11.3 Å². The lowest BCUT2D eigenvalue weighted by Gasteiger charge is -2.01. The first kappa shape index (κ1) is 13.6. The van der Waals surface area contributed by atoms with Crippen LogP contribution in [0.3, 0.4) is 0 Å². The Labute approximate surface area is 127 Å². The van der Waals surface area contributed by atoms with Gasteiger partial charge in [0.15, 0.2) is 0 Å². The fourth-order valence-corrected chi connectivity index (χ4v) is 2.98. The van der Waals surface area contributed by atoms with Gasteiger partial charge in [-0.25, -0.2) is 0 Å². The smallest absolute Gasteiger partial charge is 0.271 e. The molecule has 2 heterocycles. The van der Waals surface area contributed by atoms with Crippen LogP contribution in [0.2, 0.25) is 5.02 Å². The summed E-state index contributed by atoms with van der Waals surface area (Å²) in [5, 5.41) is 17.0. The maximum atomic E-state index is 10.9. The molecule has 0 saturated heterocycles. The third kappa shape index (κ3) is 2.48. The number of halogens is 1. The highest BCUT2D eigenvalue weighted by Crippen LogP contribution is 2.40. The summed E-state index contributed by atoms with van der Waals surface area (Å²) < 4.78 is 5.04. The lowest BCUT2D eigenvalue weighted by Crippen LogP contribution is -1.90. The number of nitrogens with two attached hydrogens (primary N) is 1. The summed E-state index contributed by atoms with van der Waals surface area (Å²) in [7, 11) is 0. The number of hydrogen-bond acceptors (Lipinski definition) is 6. The minimum atomic E-state index is -0.510. The Balaban J connectivity index is 2.20. The van der Waals surface area contributed by atoms with Crippen LogP contribution in [0.4, 0.5) is 11.6 Å². The van der Waals surface area contributed by atoms with Gasteiger partial charge in [-0.2, -0.15) is 0 Å². The van der Waals surface area contributed by atoms with Crippen molar-refractivity contribution in [3.8, 4) is 21.7 Å². The number of non-ortho nitro benzene ring substituents is 1. The molecular weight excluding hydrogens is 314 g/mol. The van der Waals surface area contributed by atoms with E-state index in [-0.39, 0.29) is 16.6 Å². The summed E-state index contributed by atoms with van der Waals surface area (Å²) in [6, 6.07) is 8.00. The Morgan fingerprint density at radius 3 is 2.86 bits per heavy atom. The molecule has 2 aromatic heterocycles. The van der Waals surface area contributed by atoms with Crippen molar-refractivity contribution >= 4 is 34.5 Å². The van der Waals surface area contributed by atoms with E-state index in [1.807, 2.05) is 17.5 Å². The van der Waals surface area contributed by atoms with Gasteiger partial charge in [-0.05, 0) is 17.5 Å². The third-order valence-corrected chi connectivity index (χ3v) is 3.96. The SMILES string of the molecule is Nc1onc(-c2cc(Cl)cc([N+](=O)[O-])c2)c1-c1cccs1. The molecule has 3 aromatic rings. The zero-order valence-electron chi connectivity index (χ0n) is 10.4. The number of nitrogens with zero attached hydrogens (tertiary/aromatic N) is 2. The normalized spacial score (nSPS) is 10.7. The molecule has 0 aliphatic rings. The second-order valence-electron chi connectivity index (χ2n) is 4.20. The standard InChI is InChI=1S/C13H8ClN3O3S/c14-8-4-7(5-9(6-8)17(18)19)12-11(13(15)20-16-12)10-2-1-3-21-10/h1-6H,15H2. The fourth-order valence-electron chi connectivity index (χ4n) is 1.98. The van der Waals surface area contributed by atoms with Crippen molar-refractivity contribution in [2.45, 2.75) is 0 Å². The summed E-state index contributed by atoms with van der Waals surface area (Å²) >= 11 is 7.41. The van der Waals surface area contributed by atoms with Gasteiger partial charge in [0.1, 0.15) is 5.69 Å². The number of hydrogen-bond donors (Lipinski definition) is 1. The molecule has 0 unspecified atom stereocenters. The second kappa shape index (κ2) is 5.19.